The Balaban J connectivity index is 1.96. The summed E-state index contributed by atoms with van der Waals surface area (Å²) in [5.74, 6) is 0.797. The van der Waals surface area contributed by atoms with Gasteiger partial charge in [0.2, 0.25) is 5.91 Å². The Morgan fingerprint density at radius 1 is 1.12 bits per heavy atom. The van der Waals surface area contributed by atoms with E-state index in [0.29, 0.717) is 23.7 Å². The van der Waals surface area contributed by atoms with Gasteiger partial charge in [-0.15, -0.1) is 0 Å². The van der Waals surface area contributed by atoms with E-state index in [-0.39, 0.29) is 18.3 Å². The van der Waals surface area contributed by atoms with Gasteiger partial charge in [-0.2, -0.15) is 0 Å². The molecule has 128 valence electrons. The molecule has 0 heterocycles. The molecule has 0 spiro atoms. The lowest BCUT2D eigenvalue weighted by molar-refractivity contribution is -0.117. The Bertz CT molecular complexity index is 689. The Hall–Kier alpha value is -2.60. The molecule has 0 saturated carbocycles. The van der Waals surface area contributed by atoms with Crippen molar-refractivity contribution in [2.24, 2.45) is 0 Å². The Kier molecular flexibility index (Phi) is 6.14. The predicted molar refractivity (Wildman–Crippen MR) is 90.9 cm³/mol. The molecule has 6 heteroatoms. The van der Waals surface area contributed by atoms with Crippen LogP contribution >= 0.6 is 0 Å². The number of carbonyl (C=O) groups is 1. The average Bonchev–Trinajstić information content (AvgIpc) is 2.56. The molecule has 2 aromatic carbocycles. The number of para-hydroxylation sites is 1. The SMILES string of the molecule is COc1cccc(CN(C)CC(=O)Nc2ccc(F)cc2)c1OC. The van der Waals surface area contributed by atoms with Crippen molar-refractivity contribution in [1.29, 1.82) is 0 Å². The molecule has 1 amide bonds. The summed E-state index contributed by atoms with van der Waals surface area (Å²) in [4.78, 5) is 13.9. The maximum absolute atomic E-state index is 12.9. The molecule has 0 unspecified atom stereocenters. The molecule has 0 aliphatic carbocycles. The summed E-state index contributed by atoms with van der Waals surface area (Å²) in [6, 6.07) is 11.3. The fourth-order valence-corrected chi connectivity index (χ4v) is 2.40. The van der Waals surface area contributed by atoms with E-state index in [9.17, 15) is 9.18 Å². The van der Waals surface area contributed by atoms with Gasteiger partial charge in [0.25, 0.3) is 0 Å². The average molecular weight is 332 g/mol. The van der Waals surface area contributed by atoms with E-state index in [1.54, 1.807) is 14.2 Å². The number of nitrogens with one attached hydrogen (secondary N) is 1. The van der Waals surface area contributed by atoms with Crippen molar-refractivity contribution in [3.63, 3.8) is 0 Å². The summed E-state index contributed by atoms with van der Waals surface area (Å²) in [5, 5.41) is 2.73. The van der Waals surface area contributed by atoms with Gasteiger partial charge >= 0.3 is 0 Å². The molecule has 0 aromatic heterocycles. The minimum absolute atomic E-state index is 0.175. The third-order valence-electron chi connectivity index (χ3n) is 3.47. The number of nitrogens with zero attached hydrogens (tertiary/aromatic N) is 1. The molecular formula is C18H21FN2O3. The van der Waals surface area contributed by atoms with E-state index in [0.717, 1.165) is 5.56 Å². The molecule has 2 rings (SSSR count). The number of hydrogen-bond donors (Lipinski definition) is 1. The number of carbonyl (C=O) groups excluding carboxylic acids is 1. The number of halogens is 1. The van der Waals surface area contributed by atoms with Crippen LogP contribution in [-0.2, 0) is 11.3 Å². The minimum atomic E-state index is -0.338. The van der Waals surface area contributed by atoms with Crippen LogP contribution in [0.15, 0.2) is 42.5 Å². The lowest BCUT2D eigenvalue weighted by Crippen LogP contribution is -2.30. The van der Waals surface area contributed by atoms with Crippen LogP contribution < -0.4 is 14.8 Å². The number of hydrogen-bond acceptors (Lipinski definition) is 4. The quantitative estimate of drug-likeness (QED) is 0.847. The molecule has 0 radical (unpaired) electrons. The Morgan fingerprint density at radius 2 is 1.83 bits per heavy atom. The van der Waals surface area contributed by atoms with E-state index < -0.39 is 0 Å². The zero-order valence-corrected chi connectivity index (χ0v) is 14.0. The van der Waals surface area contributed by atoms with E-state index in [2.05, 4.69) is 5.32 Å². The summed E-state index contributed by atoms with van der Waals surface area (Å²) in [6.07, 6.45) is 0. The Labute approximate surface area is 141 Å². The van der Waals surface area contributed by atoms with E-state index in [1.807, 2.05) is 30.1 Å². The van der Waals surface area contributed by atoms with Crippen LogP contribution in [0.2, 0.25) is 0 Å². The zero-order valence-electron chi connectivity index (χ0n) is 14.0. The summed E-state index contributed by atoms with van der Waals surface area (Å²) >= 11 is 0. The number of likely N-dealkylation sites (N-methyl/N-ethyl adjacent to an activating group) is 1. The first kappa shape index (κ1) is 17.7. The molecule has 0 atom stereocenters. The molecule has 0 fully saturated rings. The first-order valence-corrected chi connectivity index (χ1v) is 7.47. The molecule has 0 saturated heterocycles. The number of methoxy groups -OCH3 is 2. The Morgan fingerprint density at radius 3 is 2.46 bits per heavy atom. The second-order valence-corrected chi connectivity index (χ2v) is 5.38. The third-order valence-corrected chi connectivity index (χ3v) is 3.47. The monoisotopic (exact) mass is 332 g/mol. The van der Waals surface area contributed by atoms with Crippen molar-refractivity contribution in [2.45, 2.75) is 6.54 Å². The predicted octanol–water partition coefficient (Wildman–Crippen LogP) is 2.91. The smallest absolute Gasteiger partial charge is 0.238 e. The van der Waals surface area contributed by atoms with Gasteiger partial charge < -0.3 is 14.8 Å². The number of benzene rings is 2. The van der Waals surface area contributed by atoms with Crippen LogP contribution in [0.25, 0.3) is 0 Å². The number of anilines is 1. The van der Waals surface area contributed by atoms with Gasteiger partial charge in [0.15, 0.2) is 11.5 Å². The van der Waals surface area contributed by atoms with Gasteiger partial charge in [0, 0.05) is 17.8 Å². The molecule has 2 aromatic rings. The van der Waals surface area contributed by atoms with Gasteiger partial charge in [-0.3, -0.25) is 9.69 Å². The first-order chi connectivity index (χ1) is 11.5. The van der Waals surface area contributed by atoms with Gasteiger partial charge in [-0.05, 0) is 37.4 Å². The summed E-state index contributed by atoms with van der Waals surface area (Å²) in [7, 11) is 5.01. The van der Waals surface area contributed by atoms with Crippen LogP contribution in [0.5, 0.6) is 11.5 Å². The topological polar surface area (TPSA) is 50.8 Å². The van der Waals surface area contributed by atoms with Gasteiger partial charge in [-0.1, -0.05) is 12.1 Å². The summed E-state index contributed by atoms with van der Waals surface area (Å²) in [5.41, 5.74) is 1.49. The highest BCUT2D eigenvalue weighted by Crippen LogP contribution is 2.31. The van der Waals surface area contributed by atoms with Crippen LogP contribution in [0.3, 0.4) is 0 Å². The van der Waals surface area contributed by atoms with Crippen LogP contribution in [0, 0.1) is 5.82 Å². The minimum Gasteiger partial charge on any atom is -0.493 e. The molecule has 5 nitrogen and oxygen atoms in total. The second-order valence-electron chi connectivity index (χ2n) is 5.38. The fourth-order valence-electron chi connectivity index (χ4n) is 2.40. The lowest BCUT2D eigenvalue weighted by Gasteiger charge is -2.19. The maximum atomic E-state index is 12.9. The second kappa shape index (κ2) is 8.31. The largest absolute Gasteiger partial charge is 0.493 e. The van der Waals surface area contributed by atoms with E-state index >= 15 is 0 Å². The van der Waals surface area contributed by atoms with Gasteiger partial charge in [0.05, 0.1) is 20.8 Å². The summed E-state index contributed by atoms with van der Waals surface area (Å²) < 4.78 is 23.5. The van der Waals surface area contributed by atoms with Crippen molar-refractivity contribution in [1.82, 2.24) is 4.90 Å². The molecule has 0 bridgehead atoms. The highest BCUT2D eigenvalue weighted by Gasteiger charge is 2.13. The maximum Gasteiger partial charge on any atom is 0.238 e. The number of rotatable bonds is 7. The van der Waals surface area contributed by atoms with Crippen molar-refractivity contribution in [3.05, 3.63) is 53.8 Å². The molecule has 24 heavy (non-hydrogen) atoms. The van der Waals surface area contributed by atoms with E-state index in [4.69, 9.17) is 9.47 Å². The van der Waals surface area contributed by atoms with Crippen LogP contribution in [0.4, 0.5) is 10.1 Å². The van der Waals surface area contributed by atoms with Crippen molar-refractivity contribution >= 4 is 11.6 Å². The molecule has 1 N–H and O–H groups in total. The van der Waals surface area contributed by atoms with Crippen LogP contribution in [0.1, 0.15) is 5.56 Å². The first-order valence-electron chi connectivity index (χ1n) is 7.47. The zero-order chi connectivity index (χ0) is 17.5. The van der Waals surface area contributed by atoms with Crippen molar-refractivity contribution < 1.29 is 18.7 Å². The van der Waals surface area contributed by atoms with Gasteiger partial charge in [-0.25, -0.2) is 4.39 Å². The molecule has 0 aliphatic rings. The van der Waals surface area contributed by atoms with Gasteiger partial charge in [0.1, 0.15) is 5.82 Å². The number of ether oxygens (including phenoxy) is 2. The standard InChI is InChI=1S/C18H21FN2O3/c1-21(11-13-5-4-6-16(23-2)18(13)24-3)12-17(22)20-15-9-7-14(19)8-10-15/h4-10H,11-12H2,1-3H3,(H,20,22). The fraction of sp³-hybridized carbons (Fsp3) is 0.278. The van der Waals surface area contributed by atoms with E-state index in [1.165, 1.54) is 24.3 Å². The van der Waals surface area contributed by atoms with Crippen LogP contribution in [-0.4, -0.2) is 38.6 Å². The number of amides is 1. The lowest BCUT2D eigenvalue weighted by atomic mass is 10.1. The highest BCUT2D eigenvalue weighted by molar-refractivity contribution is 5.92. The normalized spacial score (nSPS) is 10.5. The van der Waals surface area contributed by atoms with Crippen molar-refractivity contribution in [3.8, 4) is 11.5 Å². The summed E-state index contributed by atoms with van der Waals surface area (Å²) in [6.45, 7) is 0.717. The molecule has 0 aliphatic heterocycles. The molecular weight excluding hydrogens is 311 g/mol. The highest BCUT2D eigenvalue weighted by atomic mass is 19.1. The van der Waals surface area contributed by atoms with Crippen molar-refractivity contribution in [2.75, 3.05) is 33.1 Å². The third kappa shape index (κ3) is 4.70.